The molecule has 0 unspecified atom stereocenters. The molecular weight excluding hydrogens is 190 g/mol. The molecule has 0 bridgehead atoms. The van der Waals surface area contributed by atoms with Gasteiger partial charge in [0.15, 0.2) is 0 Å². The van der Waals surface area contributed by atoms with Crippen molar-refractivity contribution in [3.63, 3.8) is 0 Å². The van der Waals surface area contributed by atoms with Gasteiger partial charge >= 0.3 is 0 Å². The van der Waals surface area contributed by atoms with E-state index in [1.807, 2.05) is 13.1 Å². The van der Waals surface area contributed by atoms with E-state index >= 15 is 0 Å². The Bertz CT molecular complexity index is 361. The van der Waals surface area contributed by atoms with Crippen molar-refractivity contribution in [3.8, 4) is 0 Å². The molecule has 0 aliphatic carbocycles. The van der Waals surface area contributed by atoms with Crippen molar-refractivity contribution in [2.75, 3.05) is 6.54 Å². The van der Waals surface area contributed by atoms with Crippen LogP contribution in [0.4, 0.5) is 0 Å². The van der Waals surface area contributed by atoms with E-state index in [-0.39, 0.29) is 0 Å². The van der Waals surface area contributed by atoms with E-state index in [0.717, 1.165) is 30.0 Å². The quantitative estimate of drug-likeness (QED) is 0.708. The van der Waals surface area contributed by atoms with E-state index in [2.05, 4.69) is 10.1 Å². The van der Waals surface area contributed by atoms with Gasteiger partial charge in [0.05, 0.1) is 12.1 Å². The molecule has 4 heteroatoms. The summed E-state index contributed by atoms with van der Waals surface area (Å²) in [5, 5.41) is 16.1. The predicted octanol–water partition coefficient (Wildman–Crippen LogP) is 1.52. The largest absolute Gasteiger partial charge is 0.386 e. The van der Waals surface area contributed by atoms with Crippen molar-refractivity contribution in [3.05, 3.63) is 11.8 Å². The SMILES string of the molecule is CC1=NN2C=C(C(C)(C)O)CN=C2CC1. The molecule has 0 amide bonds. The maximum atomic E-state index is 9.89. The molecule has 0 saturated carbocycles. The molecular formula is C11H17N3O. The molecule has 0 radical (unpaired) electrons. The standard InChI is InChI=1S/C11H17N3O/c1-8-4-5-10-12-6-9(11(2,3)15)7-14(10)13-8/h7,15H,4-6H2,1-3H3. The fraction of sp³-hybridized carbons (Fsp3) is 0.636. The van der Waals surface area contributed by atoms with Crippen LogP contribution in [0, 0.1) is 0 Å². The highest BCUT2D eigenvalue weighted by Gasteiger charge is 2.26. The molecule has 15 heavy (non-hydrogen) atoms. The van der Waals surface area contributed by atoms with Crippen LogP contribution < -0.4 is 0 Å². The van der Waals surface area contributed by atoms with Crippen LogP contribution in [0.2, 0.25) is 0 Å². The minimum atomic E-state index is -0.810. The van der Waals surface area contributed by atoms with Crippen molar-refractivity contribution in [1.29, 1.82) is 0 Å². The number of hydrogen-bond acceptors (Lipinski definition) is 4. The zero-order chi connectivity index (χ0) is 11.1. The van der Waals surface area contributed by atoms with Crippen molar-refractivity contribution in [2.45, 2.75) is 39.2 Å². The van der Waals surface area contributed by atoms with Crippen molar-refractivity contribution >= 4 is 11.5 Å². The van der Waals surface area contributed by atoms with Gasteiger partial charge in [0.25, 0.3) is 0 Å². The number of hydrogen-bond donors (Lipinski definition) is 1. The smallest absolute Gasteiger partial charge is 0.125 e. The fourth-order valence-electron chi connectivity index (χ4n) is 1.67. The predicted molar refractivity (Wildman–Crippen MR) is 60.9 cm³/mol. The summed E-state index contributed by atoms with van der Waals surface area (Å²) in [5.74, 6) is 1.01. The zero-order valence-electron chi connectivity index (χ0n) is 9.49. The van der Waals surface area contributed by atoms with Gasteiger partial charge in [0.1, 0.15) is 5.84 Å². The van der Waals surface area contributed by atoms with Crippen LogP contribution in [-0.4, -0.2) is 33.8 Å². The zero-order valence-corrected chi connectivity index (χ0v) is 9.49. The average molecular weight is 207 g/mol. The van der Waals surface area contributed by atoms with Crippen molar-refractivity contribution in [2.24, 2.45) is 10.1 Å². The molecule has 2 heterocycles. The van der Waals surface area contributed by atoms with E-state index in [9.17, 15) is 5.11 Å². The Balaban J connectivity index is 2.27. The van der Waals surface area contributed by atoms with Gasteiger partial charge < -0.3 is 5.11 Å². The lowest BCUT2D eigenvalue weighted by atomic mass is 9.98. The average Bonchev–Trinajstić information content (AvgIpc) is 2.15. The summed E-state index contributed by atoms with van der Waals surface area (Å²) in [4.78, 5) is 4.44. The molecule has 2 rings (SSSR count). The van der Waals surface area contributed by atoms with Gasteiger partial charge in [-0.25, -0.2) is 5.01 Å². The second-order valence-electron chi connectivity index (χ2n) is 4.63. The highest BCUT2D eigenvalue weighted by molar-refractivity contribution is 5.94. The third kappa shape index (κ3) is 2.09. The molecule has 0 saturated heterocycles. The molecule has 0 aromatic rings. The number of hydrazone groups is 1. The lowest BCUT2D eigenvalue weighted by Crippen LogP contribution is -2.35. The second kappa shape index (κ2) is 3.45. The molecule has 0 fully saturated rings. The van der Waals surface area contributed by atoms with Gasteiger partial charge in [0.2, 0.25) is 0 Å². The molecule has 2 aliphatic heterocycles. The highest BCUT2D eigenvalue weighted by Crippen LogP contribution is 2.23. The fourth-order valence-corrected chi connectivity index (χ4v) is 1.67. The third-order valence-corrected chi connectivity index (χ3v) is 2.75. The van der Waals surface area contributed by atoms with Gasteiger partial charge in [0, 0.05) is 23.9 Å². The van der Waals surface area contributed by atoms with Crippen LogP contribution in [-0.2, 0) is 0 Å². The number of aliphatic imine (C=N–C) groups is 1. The molecule has 0 atom stereocenters. The van der Waals surface area contributed by atoms with Crippen molar-refractivity contribution in [1.82, 2.24) is 5.01 Å². The highest BCUT2D eigenvalue weighted by atomic mass is 16.3. The van der Waals surface area contributed by atoms with Crippen LogP contribution in [0.15, 0.2) is 21.9 Å². The number of amidine groups is 1. The maximum absolute atomic E-state index is 9.89. The Kier molecular flexibility index (Phi) is 2.38. The number of rotatable bonds is 1. The first-order chi connectivity index (χ1) is 6.97. The Morgan fingerprint density at radius 1 is 1.40 bits per heavy atom. The summed E-state index contributed by atoms with van der Waals surface area (Å²) < 4.78 is 0. The first kappa shape index (κ1) is 10.4. The summed E-state index contributed by atoms with van der Waals surface area (Å²) in [7, 11) is 0. The normalized spacial score (nSPS) is 21.6. The van der Waals surface area contributed by atoms with Crippen LogP contribution in [0.3, 0.4) is 0 Å². The third-order valence-electron chi connectivity index (χ3n) is 2.75. The van der Waals surface area contributed by atoms with Crippen LogP contribution in [0.25, 0.3) is 0 Å². The first-order valence-electron chi connectivity index (χ1n) is 5.27. The van der Waals surface area contributed by atoms with Gasteiger partial charge in [-0.2, -0.15) is 5.10 Å². The lowest BCUT2D eigenvalue weighted by Gasteiger charge is -2.30. The summed E-state index contributed by atoms with van der Waals surface area (Å²) in [6.07, 6.45) is 3.84. The van der Waals surface area contributed by atoms with E-state index in [1.165, 1.54) is 0 Å². The Labute approximate surface area is 90.0 Å². The number of aliphatic hydroxyl groups is 1. The Morgan fingerprint density at radius 2 is 2.13 bits per heavy atom. The van der Waals surface area contributed by atoms with E-state index in [0.29, 0.717) is 6.54 Å². The molecule has 4 nitrogen and oxygen atoms in total. The van der Waals surface area contributed by atoms with E-state index < -0.39 is 5.60 Å². The van der Waals surface area contributed by atoms with Gasteiger partial charge in [-0.3, -0.25) is 4.99 Å². The lowest BCUT2D eigenvalue weighted by molar-refractivity contribution is 0.116. The Morgan fingerprint density at radius 3 is 2.80 bits per heavy atom. The van der Waals surface area contributed by atoms with E-state index in [4.69, 9.17) is 0 Å². The minimum absolute atomic E-state index is 0.587. The van der Waals surface area contributed by atoms with E-state index in [1.54, 1.807) is 18.9 Å². The molecule has 2 aliphatic rings. The van der Waals surface area contributed by atoms with Crippen LogP contribution >= 0.6 is 0 Å². The molecule has 0 aromatic carbocycles. The van der Waals surface area contributed by atoms with Crippen LogP contribution in [0.1, 0.15) is 33.6 Å². The first-order valence-corrected chi connectivity index (χ1v) is 5.27. The Hall–Kier alpha value is -1.16. The minimum Gasteiger partial charge on any atom is -0.386 e. The van der Waals surface area contributed by atoms with Gasteiger partial charge in [-0.1, -0.05) is 0 Å². The molecule has 0 spiro atoms. The molecule has 1 N–H and O–H groups in total. The number of nitrogens with zero attached hydrogens (tertiary/aromatic N) is 3. The van der Waals surface area contributed by atoms with Crippen molar-refractivity contribution < 1.29 is 5.11 Å². The van der Waals surface area contributed by atoms with Gasteiger partial charge in [-0.05, 0) is 27.2 Å². The molecule has 82 valence electrons. The van der Waals surface area contributed by atoms with Crippen LogP contribution in [0.5, 0.6) is 0 Å². The summed E-state index contributed by atoms with van der Waals surface area (Å²) >= 11 is 0. The van der Waals surface area contributed by atoms with Gasteiger partial charge in [-0.15, -0.1) is 0 Å². The monoisotopic (exact) mass is 207 g/mol. The summed E-state index contributed by atoms with van der Waals surface area (Å²) in [6.45, 7) is 6.16. The second-order valence-corrected chi connectivity index (χ2v) is 4.63. The maximum Gasteiger partial charge on any atom is 0.125 e. The summed E-state index contributed by atoms with van der Waals surface area (Å²) in [5.41, 5.74) is 1.21. The topological polar surface area (TPSA) is 48.2 Å². The summed E-state index contributed by atoms with van der Waals surface area (Å²) in [6, 6.07) is 0. The molecule has 0 aromatic heterocycles. The number of fused-ring (bicyclic) bond motifs is 1.